The van der Waals surface area contributed by atoms with E-state index in [0.29, 0.717) is 5.92 Å². The molecule has 1 aliphatic rings. The minimum absolute atomic E-state index is 0.122. The summed E-state index contributed by atoms with van der Waals surface area (Å²) < 4.78 is 0. The molecule has 3 rings (SSSR count). The summed E-state index contributed by atoms with van der Waals surface area (Å²) in [6, 6.07) is 6.13. The zero-order valence-corrected chi connectivity index (χ0v) is 13.0. The molecular formula is C17H22N4O. The number of H-pyrrole nitrogens is 1. The number of carbonyl (C=O) groups excluding carboxylic acids is 1. The topological polar surface area (TPSA) is 69.8 Å². The van der Waals surface area contributed by atoms with Crippen molar-refractivity contribution in [1.29, 1.82) is 0 Å². The quantitative estimate of drug-likeness (QED) is 0.812. The molecule has 0 fully saturated rings. The molecule has 1 heterocycles. The van der Waals surface area contributed by atoms with E-state index in [0.717, 1.165) is 30.6 Å². The zero-order chi connectivity index (χ0) is 15.5. The Labute approximate surface area is 130 Å². The second-order valence-corrected chi connectivity index (χ2v) is 6.08. The van der Waals surface area contributed by atoms with E-state index in [9.17, 15) is 4.79 Å². The Morgan fingerprint density at radius 2 is 2.27 bits per heavy atom. The fraction of sp³-hybridized carbons (Fsp3) is 0.412. The van der Waals surface area contributed by atoms with E-state index in [1.54, 1.807) is 6.33 Å². The number of rotatable bonds is 3. The highest BCUT2D eigenvalue weighted by Gasteiger charge is 2.24. The molecule has 1 unspecified atom stereocenters. The van der Waals surface area contributed by atoms with Gasteiger partial charge < -0.3 is 15.6 Å². The minimum Gasteiger partial charge on any atom is -0.348 e. The molecular weight excluding hydrogens is 276 g/mol. The summed E-state index contributed by atoms with van der Waals surface area (Å²) in [5.41, 5.74) is 4.59. The number of benzene rings is 1. The monoisotopic (exact) mass is 298 g/mol. The fourth-order valence-corrected chi connectivity index (χ4v) is 3.17. The first-order chi connectivity index (χ1) is 10.6. The Bertz CT molecular complexity index is 649. The van der Waals surface area contributed by atoms with Crippen LogP contribution in [0.2, 0.25) is 0 Å². The molecule has 5 heteroatoms. The van der Waals surface area contributed by atoms with Crippen molar-refractivity contribution in [1.82, 2.24) is 15.3 Å². The second kappa shape index (κ2) is 6.22. The van der Waals surface area contributed by atoms with Crippen molar-refractivity contribution in [2.45, 2.75) is 45.1 Å². The predicted octanol–water partition coefficient (Wildman–Crippen LogP) is 3.41. The third-order valence-electron chi connectivity index (χ3n) is 4.07. The number of nitrogens with one attached hydrogen (secondary N) is 3. The molecule has 2 amide bonds. The first-order valence-corrected chi connectivity index (χ1v) is 7.82. The lowest BCUT2D eigenvalue weighted by molar-refractivity contribution is 0.250. The maximum atomic E-state index is 12.0. The number of imidazole rings is 1. The van der Waals surface area contributed by atoms with Crippen LogP contribution in [-0.2, 0) is 6.42 Å². The standard InChI is InChI=1S/C17H22N4O/c1-11(2)20-17(22)21-15-8-4-5-12-13(15)6-3-7-14(12)16-9-18-10-19-16/h4-5,8-11,14H,3,6-7H2,1-2H3,(H,18,19)(H2,20,21,22). The molecule has 0 radical (unpaired) electrons. The SMILES string of the molecule is CC(C)NC(=O)Nc1cccc2c1CCCC2c1cnc[nH]1. The molecule has 1 aromatic carbocycles. The third kappa shape index (κ3) is 2.98. The van der Waals surface area contributed by atoms with Gasteiger partial charge in [-0.05, 0) is 50.3 Å². The van der Waals surface area contributed by atoms with Gasteiger partial charge in [0.05, 0.1) is 6.33 Å². The van der Waals surface area contributed by atoms with Crippen molar-refractivity contribution in [3.05, 3.63) is 47.5 Å². The molecule has 1 aromatic heterocycles. The molecule has 3 N–H and O–H groups in total. The number of aromatic amines is 1. The smallest absolute Gasteiger partial charge is 0.319 e. The van der Waals surface area contributed by atoms with Gasteiger partial charge in [-0.2, -0.15) is 0 Å². The number of urea groups is 1. The summed E-state index contributed by atoms with van der Waals surface area (Å²) in [7, 11) is 0. The van der Waals surface area contributed by atoms with Crippen LogP contribution in [0.1, 0.15) is 49.4 Å². The Morgan fingerprint density at radius 3 is 3.00 bits per heavy atom. The van der Waals surface area contributed by atoms with Gasteiger partial charge in [0.1, 0.15) is 0 Å². The molecule has 2 aromatic rings. The summed E-state index contributed by atoms with van der Waals surface area (Å²) in [5.74, 6) is 0.334. The molecule has 1 aliphatic carbocycles. The third-order valence-corrected chi connectivity index (χ3v) is 4.07. The van der Waals surface area contributed by atoms with Gasteiger partial charge >= 0.3 is 6.03 Å². The van der Waals surface area contributed by atoms with E-state index in [1.165, 1.54) is 11.1 Å². The first-order valence-electron chi connectivity index (χ1n) is 7.82. The summed E-state index contributed by atoms with van der Waals surface area (Å²) in [6.45, 7) is 3.91. The maximum absolute atomic E-state index is 12.0. The summed E-state index contributed by atoms with van der Waals surface area (Å²) in [5, 5.41) is 5.86. The summed E-state index contributed by atoms with van der Waals surface area (Å²) in [4.78, 5) is 19.3. The minimum atomic E-state index is -0.146. The molecule has 0 saturated carbocycles. The van der Waals surface area contributed by atoms with Gasteiger partial charge in [-0.15, -0.1) is 0 Å². The number of anilines is 1. The molecule has 0 aliphatic heterocycles. The molecule has 0 spiro atoms. The average molecular weight is 298 g/mol. The van der Waals surface area contributed by atoms with Crippen LogP contribution < -0.4 is 10.6 Å². The Kier molecular flexibility index (Phi) is 4.13. The van der Waals surface area contributed by atoms with Crippen molar-refractivity contribution >= 4 is 11.7 Å². The average Bonchev–Trinajstić information content (AvgIpc) is 3.00. The number of amides is 2. The Hall–Kier alpha value is -2.30. The van der Waals surface area contributed by atoms with E-state index < -0.39 is 0 Å². The molecule has 22 heavy (non-hydrogen) atoms. The van der Waals surface area contributed by atoms with Gasteiger partial charge in [-0.25, -0.2) is 9.78 Å². The lowest BCUT2D eigenvalue weighted by Crippen LogP contribution is -2.34. The number of aromatic nitrogens is 2. The normalized spacial score (nSPS) is 17.1. The van der Waals surface area contributed by atoms with Gasteiger partial charge in [0.2, 0.25) is 0 Å². The van der Waals surface area contributed by atoms with Crippen LogP contribution in [0.25, 0.3) is 0 Å². The van der Waals surface area contributed by atoms with Crippen molar-refractivity contribution in [2.75, 3.05) is 5.32 Å². The highest BCUT2D eigenvalue weighted by molar-refractivity contribution is 5.90. The van der Waals surface area contributed by atoms with Gasteiger partial charge in [0, 0.05) is 29.5 Å². The summed E-state index contributed by atoms with van der Waals surface area (Å²) in [6.07, 6.45) is 6.84. The molecule has 5 nitrogen and oxygen atoms in total. The van der Waals surface area contributed by atoms with E-state index in [1.807, 2.05) is 32.2 Å². The second-order valence-electron chi connectivity index (χ2n) is 6.08. The van der Waals surface area contributed by atoms with E-state index in [-0.39, 0.29) is 12.1 Å². The number of carbonyl (C=O) groups is 1. The molecule has 0 bridgehead atoms. The van der Waals surface area contributed by atoms with Crippen molar-refractivity contribution in [3.63, 3.8) is 0 Å². The van der Waals surface area contributed by atoms with Crippen LogP contribution in [0.4, 0.5) is 10.5 Å². The van der Waals surface area contributed by atoms with Crippen LogP contribution in [0, 0.1) is 0 Å². The van der Waals surface area contributed by atoms with Gasteiger partial charge in [0.25, 0.3) is 0 Å². The van der Waals surface area contributed by atoms with Gasteiger partial charge in [-0.1, -0.05) is 12.1 Å². The van der Waals surface area contributed by atoms with E-state index in [2.05, 4.69) is 26.7 Å². The van der Waals surface area contributed by atoms with Crippen molar-refractivity contribution in [2.24, 2.45) is 0 Å². The van der Waals surface area contributed by atoms with Crippen molar-refractivity contribution in [3.8, 4) is 0 Å². The van der Waals surface area contributed by atoms with Gasteiger partial charge in [0.15, 0.2) is 0 Å². The number of hydrogen-bond acceptors (Lipinski definition) is 2. The van der Waals surface area contributed by atoms with Crippen LogP contribution in [0.3, 0.4) is 0 Å². The molecule has 0 saturated heterocycles. The highest BCUT2D eigenvalue weighted by Crippen LogP contribution is 2.38. The van der Waals surface area contributed by atoms with Crippen LogP contribution in [0.15, 0.2) is 30.7 Å². The lowest BCUT2D eigenvalue weighted by Gasteiger charge is -2.27. The lowest BCUT2D eigenvalue weighted by atomic mass is 9.80. The van der Waals surface area contributed by atoms with E-state index in [4.69, 9.17) is 0 Å². The fourth-order valence-electron chi connectivity index (χ4n) is 3.17. The predicted molar refractivity (Wildman–Crippen MR) is 87.1 cm³/mol. The number of fused-ring (bicyclic) bond motifs is 1. The van der Waals surface area contributed by atoms with Crippen LogP contribution >= 0.6 is 0 Å². The molecule has 116 valence electrons. The zero-order valence-electron chi connectivity index (χ0n) is 13.0. The van der Waals surface area contributed by atoms with Crippen molar-refractivity contribution < 1.29 is 4.79 Å². The molecule has 1 atom stereocenters. The Balaban J connectivity index is 1.88. The van der Waals surface area contributed by atoms with Gasteiger partial charge in [-0.3, -0.25) is 0 Å². The number of nitrogens with zero attached hydrogens (tertiary/aromatic N) is 1. The van der Waals surface area contributed by atoms with E-state index >= 15 is 0 Å². The Morgan fingerprint density at radius 1 is 1.41 bits per heavy atom. The number of hydrogen-bond donors (Lipinski definition) is 3. The first kappa shape index (κ1) is 14.6. The van der Waals surface area contributed by atoms with Crippen LogP contribution in [0.5, 0.6) is 0 Å². The summed E-state index contributed by atoms with van der Waals surface area (Å²) >= 11 is 0. The van der Waals surface area contributed by atoms with Crippen LogP contribution in [-0.4, -0.2) is 22.0 Å². The maximum Gasteiger partial charge on any atom is 0.319 e. The highest BCUT2D eigenvalue weighted by atomic mass is 16.2. The largest absolute Gasteiger partial charge is 0.348 e.